The molecule has 3 rings (SSSR count). The first kappa shape index (κ1) is 11.6. The highest BCUT2D eigenvalue weighted by molar-refractivity contribution is 7.71. The van der Waals surface area contributed by atoms with Crippen molar-refractivity contribution in [3.05, 3.63) is 45.7 Å². The molecule has 0 saturated carbocycles. The molecule has 18 heavy (non-hydrogen) atoms. The fraction of sp³-hybridized carbons (Fsp3) is 0.333. The Hall–Kier alpha value is -1.48. The quantitative estimate of drug-likeness (QED) is 0.781. The van der Waals surface area contributed by atoms with Crippen LogP contribution in [0.1, 0.15) is 29.7 Å². The topological polar surface area (TPSA) is 28.7 Å². The minimum atomic E-state index is 0.777. The molecule has 0 radical (unpaired) electrons. The van der Waals surface area contributed by atoms with E-state index in [0.717, 1.165) is 28.9 Å². The first-order valence-electron chi connectivity index (χ1n) is 6.43. The fourth-order valence-electron chi connectivity index (χ4n) is 2.47. The second-order valence-electron chi connectivity index (χ2n) is 4.92. The van der Waals surface area contributed by atoms with E-state index in [1.54, 1.807) is 0 Å². The van der Waals surface area contributed by atoms with Crippen LogP contribution in [-0.2, 0) is 12.8 Å². The maximum absolute atomic E-state index is 5.42. The zero-order chi connectivity index (χ0) is 12.5. The van der Waals surface area contributed by atoms with Crippen LogP contribution in [0.25, 0.3) is 11.4 Å². The van der Waals surface area contributed by atoms with Crippen LogP contribution < -0.4 is 0 Å². The van der Waals surface area contributed by atoms with Gasteiger partial charge in [-0.3, -0.25) is 0 Å². The SMILES string of the molecule is Cc1ccc(-c2nc(=S)c3c([nH]2)CCCC3)cc1. The van der Waals surface area contributed by atoms with Crippen molar-refractivity contribution in [3.63, 3.8) is 0 Å². The molecule has 0 amide bonds. The number of fused-ring (bicyclic) bond motifs is 1. The molecular weight excluding hydrogens is 240 g/mol. The van der Waals surface area contributed by atoms with Crippen molar-refractivity contribution >= 4 is 12.2 Å². The van der Waals surface area contributed by atoms with E-state index in [4.69, 9.17) is 12.2 Å². The Morgan fingerprint density at radius 2 is 1.83 bits per heavy atom. The average molecular weight is 256 g/mol. The lowest BCUT2D eigenvalue weighted by atomic mass is 9.97. The first-order chi connectivity index (χ1) is 8.74. The minimum absolute atomic E-state index is 0.777. The van der Waals surface area contributed by atoms with Gasteiger partial charge < -0.3 is 4.98 Å². The standard InChI is InChI=1S/C15H16N2S/c1-10-6-8-11(9-7-10)14-16-13-5-3-2-4-12(13)15(18)17-14/h6-9H,2-5H2,1H3,(H,16,17,18). The van der Waals surface area contributed by atoms with Crippen molar-refractivity contribution in [2.24, 2.45) is 0 Å². The van der Waals surface area contributed by atoms with E-state index in [2.05, 4.69) is 41.2 Å². The smallest absolute Gasteiger partial charge is 0.139 e. The molecule has 1 aromatic heterocycles. The molecule has 3 heteroatoms. The van der Waals surface area contributed by atoms with Gasteiger partial charge in [0.1, 0.15) is 10.5 Å². The van der Waals surface area contributed by atoms with Gasteiger partial charge in [-0.25, -0.2) is 4.98 Å². The number of benzene rings is 1. The number of hydrogen-bond donors (Lipinski definition) is 1. The summed E-state index contributed by atoms with van der Waals surface area (Å²) in [6.45, 7) is 2.09. The summed E-state index contributed by atoms with van der Waals surface area (Å²) in [5, 5.41) is 0. The zero-order valence-corrected chi connectivity index (χ0v) is 11.3. The monoisotopic (exact) mass is 256 g/mol. The average Bonchev–Trinajstić information content (AvgIpc) is 2.39. The number of H-pyrrole nitrogens is 1. The van der Waals surface area contributed by atoms with Gasteiger partial charge in [0, 0.05) is 16.8 Å². The molecule has 0 spiro atoms. The Labute approximate surface area is 112 Å². The fourth-order valence-corrected chi connectivity index (χ4v) is 2.78. The third-order valence-electron chi connectivity index (χ3n) is 3.53. The van der Waals surface area contributed by atoms with Gasteiger partial charge in [0.2, 0.25) is 0 Å². The number of rotatable bonds is 1. The molecule has 0 saturated heterocycles. The van der Waals surface area contributed by atoms with Crippen LogP contribution in [0.2, 0.25) is 0 Å². The Morgan fingerprint density at radius 1 is 1.11 bits per heavy atom. The number of nitrogens with one attached hydrogen (secondary N) is 1. The zero-order valence-electron chi connectivity index (χ0n) is 10.5. The Morgan fingerprint density at radius 3 is 2.61 bits per heavy atom. The molecule has 1 aliphatic rings. The molecule has 0 atom stereocenters. The van der Waals surface area contributed by atoms with Gasteiger partial charge in [-0.1, -0.05) is 42.0 Å². The van der Waals surface area contributed by atoms with Gasteiger partial charge in [-0.05, 0) is 32.6 Å². The molecule has 1 heterocycles. The molecule has 1 N–H and O–H groups in total. The predicted molar refractivity (Wildman–Crippen MR) is 76.2 cm³/mol. The second-order valence-corrected chi connectivity index (χ2v) is 5.31. The highest BCUT2D eigenvalue weighted by atomic mass is 32.1. The number of aromatic amines is 1. The number of aromatic nitrogens is 2. The van der Waals surface area contributed by atoms with Gasteiger partial charge in [0.25, 0.3) is 0 Å². The van der Waals surface area contributed by atoms with E-state index < -0.39 is 0 Å². The molecule has 0 aliphatic heterocycles. The van der Waals surface area contributed by atoms with E-state index in [0.29, 0.717) is 0 Å². The number of aryl methyl sites for hydroxylation is 2. The Balaban J connectivity index is 2.11. The highest BCUT2D eigenvalue weighted by Gasteiger charge is 2.13. The van der Waals surface area contributed by atoms with Gasteiger partial charge in [0.15, 0.2) is 0 Å². The lowest BCUT2D eigenvalue weighted by molar-refractivity contribution is 0.661. The third-order valence-corrected chi connectivity index (χ3v) is 3.87. The molecule has 92 valence electrons. The summed E-state index contributed by atoms with van der Waals surface area (Å²) in [6, 6.07) is 8.40. The normalized spacial score (nSPS) is 14.3. The van der Waals surface area contributed by atoms with Crippen LogP contribution >= 0.6 is 12.2 Å². The molecular formula is C15H16N2S. The van der Waals surface area contributed by atoms with Crippen LogP contribution in [0, 0.1) is 11.6 Å². The van der Waals surface area contributed by atoms with Crippen molar-refractivity contribution in [1.29, 1.82) is 0 Å². The maximum Gasteiger partial charge on any atom is 0.139 e. The lowest BCUT2D eigenvalue weighted by Crippen LogP contribution is -2.08. The largest absolute Gasteiger partial charge is 0.343 e. The summed E-state index contributed by atoms with van der Waals surface area (Å²) in [4.78, 5) is 8.01. The molecule has 0 fully saturated rings. The summed E-state index contributed by atoms with van der Waals surface area (Å²) in [5.41, 5.74) is 4.92. The first-order valence-corrected chi connectivity index (χ1v) is 6.84. The van der Waals surface area contributed by atoms with Crippen LogP contribution in [0.3, 0.4) is 0 Å². The van der Waals surface area contributed by atoms with Crippen molar-refractivity contribution in [2.45, 2.75) is 32.6 Å². The summed E-state index contributed by atoms with van der Waals surface area (Å²) in [7, 11) is 0. The van der Waals surface area contributed by atoms with Crippen LogP contribution in [0.4, 0.5) is 0 Å². The predicted octanol–water partition coefficient (Wildman–Crippen LogP) is 3.99. The molecule has 1 aromatic carbocycles. The second kappa shape index (κ2) is 4.65. The van der Waals surface area contributed by atoms with E-state index in [9.17, 15) is 0 Å². The third kappa shape index (κ3) is 2.10. The summed E-state index contributed by atoms with van der Waals surface area (Å²) in [5.74, 6) is 0.903. The van der Waals surface area contributed by atoms with Crippen LogP contribution in [-0.4, -0.2) is 9.97 Å². The van der Waals surface area contributed by atoms with Crippen molar-refractivity contribution in [2.75, 3.05) is 0 Å². The maximum atomic E-state index is 5.42. The molecule has 2 aromatic rings. The minimum Gasteiger partial charge on any atom is -0.343 e. The number of nitrogens with zero attached hydrogens (tertiary/aromatic N) is 1. The van der Waals surface area contributed by atoms with Crippen molar-refractivity contribution in [3.8, 4) is 11.4 Å². The molecule has 0 unspecified atom stereocenters. The van der Waals surface area contributed by atoms with Gasteiger partial charge in [0.05, 0.1) is 0 Å². The highest BCUT2D eigenvalue weighted by Crippen LogP contribution is 2.23. The van der Waals surface area contributed by atoms with E-state index in [1.807, 2.05) is 0 Å². The molecule has 1 aliphatic carbocycles. The summed E-state index contributed by atoms with van der Waals surface area (Å²) >= 11 is 5.42. The van der Waals surface area contributed by atoms with Crippen molar-refractivity contribution in [1.82, 2.24) is 9.97 Å². The van der Waals surface area contributed by atoms with E-state index >= 15 is 0 Å². The van der Waals surface area contributed by atoms with Gasteiger partial charge in [-0.15, -0.1) is 0 Å². The van der Waals surface area contributed by atoms with Gasteiger partial charge in [-0.2, -0.15) is 0 Å². The molecule has 0 bridgehead atoms. The van der Waals surface area contributed by atoms with Crippen LogP contribution in [0.5, 0.6) is 0 Å². The lowest BCUT2D eigenvalue weighted by Gasteiger charge is -2.16. The summed E-state index contributed by atoms with van der Waals surface area (Å²) < 4.78 is 0.777. The number of hydrogen-bond acceptors (Lipinski definition) is 2. The Bertz CT molecular complexity index is 626. The summed E-state index contributed by atoms with van der Waals surface area (Å²) in [6.07, 6.45) is 4.65. The van der Waals surface area contributed by atoms with Gasteiger partial charge >= 0.3 is 0 Å². The van der Waals surface area contributed by atoms with E-state index in [-0.39, 0.29) is 0 Å². The van der Waals surface area contributed by atoms with E-state index in [1.165, 1.54) is 29.7 Å². The Kier molecular flexibility index (Phi) is 3.00. The molecule has 2 nitrogen and oxygen atoms in total. The van der Waals surface area contributed by atoms with Crippen molar-refractivity contribution < 1.29 is 0 Å². The van der Waals surface area contributed by atoms with Crippen LogP contribution in [0.15, 0.2) is 24.3 Å².